The van der Waals surface area contributed by atoms with Crippen LogP contribution in [0, 0.1) is 11.3 Å². The summed E-state index contributed by atoms with van der Waals surface area (Å²) in [5.41, 5.74) is 4.33. The monoisotopic (exact) mass is 421 g/mol. The van der Waals surface area contributed by atoms with E-state index < -0.39 is 18.8 Å². The average Bonchev–Trinajstić information content (AvgIpc) is 3.21. The molecule has 0 radical (unpaired) electrons. The van der Waals surface area contributed by atoms with Gasteiger partial charge in [0.05, 0.1) is 22.7 Å². The van der Waals surface area contributed by atoms with Gasteiger partial charge in [0.1, 0.15) is 12.9 Å². The summed E-state index contributed by atoms with van der Waals surface area (Å²) in [6.07, 6.45) is -3.40. The smallest absolute Gasteiger partial charge is 0.454 e. The molecule has 0 amide bonds. The van der Waals surface area contributed by atoms with Gasteiger partial charge < -0.3 is 4.74 Å². The van der Waals surface area contributed by atoms with Crippen LogP contribution < -0.4 is 0 Å². The molecule has 0 aliphatic carbocycles. The molecule has 0 N–H and O–H groups in total. The van der Waals surface area contributed by atoms with Crippen LogP contribution in [-0.4, -0.2) is 21.7 Å². The molecule has 31 heavy (non-hydrogen) atoms. The number of rotatable bonds is 4. The van der Waals surface area contributed by atoms with E-state index in [1.165, 1.54) is 0 Å². The van der Waals surface area contributed by atoms with Crippen LogP contribution in [0.4, 0.5) is 13.2 Å². The number of hydrogen-bond donors (Lipinski definition) is 0. The summed E-state index contributed by atoms with van der Waals surface area (Å²) >= 11 is 0. The van der Waals surface area contributed by atoms with E-state index in [0.29, 0.717) is 27.8 Å². The van der Waals surface area contributed by atoms with Gasteiger partial charge >= 0.3 is 12.1 Å². The molecule has 8 heteroatoms. The topological polar surface area (TPSA) is 67.9 Å². The molecule has 0 saturated heterocycles. The highest BCUT2D eigenvalue weighted by atomic mass is 19.4. The molecular weight excluding hydrogens is 407 g/mol. The summed E-state index contributed by atoms with van der Waals surface area (Å²) in [5.74, 6) is -2.24. The summed E-state index contributed by atoms with van der Waals surface area (Å²) in [6, 6.07) is 21.6. The summed E-state index contributed by atoms with van der Waals surface area (Å²) in [4.78, 5) is 15.4. The number of ether oxygens (including phenoxy) is 1. The number of esters is 1. The molecule has 4 rings (SSSR count). The molecule has 0 spiro atoms. The van der Waals surface area contributed by atoms with Gasteiger partial charge in [0, 0.05) is 11.3 Å². The maximum absolute atomic E-state index is 12.4. The number of nitrogens with zero attached hydrogens (tertiary/aromatic N) is 3. The Bertz CT molecular complexity index is 1310. The van der Waals surface area contributed by atoms with Crippen LogP contribution in [0.15, 0.2) is 73.1 Å². The zero-order chi connectivity index (χ0) is 22.0. The van der Waals surface area contributed by atoms with E-state index >= 15 is 0 Å². The largest absolute Gasteiger partial charge is 0.490 e. The molecule has 0 saturated carbocycles. The first kappa shape index (κ1) is 20.2. The lowest BCUT2D eigenvalue weighted by Gasteiger charge is -2.12. The van der Waals surface area contributed by atoms with Crippen molar-refractivity contribution in [1.29, 1.82) is 5.26 Å². The Hall–Kier alpha value is -4.12. The minimum Gasteiger partial charge on any atom is -0.454 e. The second-order valence-electron chi connectivity index (χ2n) is 6.73. The summed E-state index contributed by atoms with van der Waals surface area (Å²) in [5, 5.41) is 9.42. The van der Waals surface area contributed by atoms with E-state index in [1.54, 1.807) is 42.7 Å². The molecule has 1 heterocycles. The van der Waals surface area contributed by atoms with Crippen molar-refractivity contribution in [2.45, 2.75) is 12.8 Å². The van der Waals surface area contributed by atoms with Crippen LogP contribution in [0.1, 0.15) is 11.1 Å². The lowest BCUT2D eigenvalue weighted by Crippen LogP contribution is -2.25. The maximum atomic E-state index is 12.4. The van der Waals surface area contributed by atoms with E-state index in [2.05, 4.69) is 15.8 Å². The van der Waals surface area contributed by atoms with Gasteiger partial charge in [0.25, 0.3) is 0 Å². The Balaban J connectivity index is 1.80. The lowest BCUT2D eigenvalue weighted by molar-refractivity contribution is -0.201. The standard InChI is InChI=1S/C23H14F3N3O2/c24-23(25,26)22(30)31-13-15-5-4-6-17(9-15)19-10-16(12-27)11-20-21(19)29(14-28-20)18-7-2-1-3-8-18/h1-11,14H,13H2. The molecule has 0 atom stereocenters. The van der Waals surface area contributed by atoms with Gasteiger partial charge in [-0.2, -0.15) is 18.4 Å². The van der Waals surface area contributed by atoms with Gasteiger partial charge in [-0.05, 0) is 41.5 Å². The Morgan fingerprint density at radius 3 is 2.55 bits per heavy atom. The quantitative estimate of drug-likeness (QED) is 0.427. The summed E-state index contributed by atoms with van der Waals surface area (Å²) < 4.78 is 43.5. The number of carbonyl (C=O) groups is 1. The molecule has 0 aliphatic heterocycles. The molecule has 4 aromatic rings. The number of para-hydroxylation sites is 1. The van der Waals surface area contributed by atoms with Gasteiger partial charge in [0.2, 0.25) is 0 Å². The maximum Gasteiger partial charge on any atom is 0.490 e. The number of carbonyl (C=O) groups excluding carboxylic acids is 1. The number of nitriles is 1. The number of halogens is 3. The Labute approximate surface area is 174 Å². The number of aromatic nitrogens is 2. The summed E-state index contributed by atoms with van der Waals surface area (Å²) in [6.45, 7) is -0.523. The SMILES string of the molecule is N#Cc1cc(-c2cccc(COC(=O)C(F)(F)F)c2)c2c(c1)ncn2-c1ccccc1. The number of alkyl halides is 3. The van der Waals surface area contributed by atoms with Gasteiger partial charge in [0.15, 0.2) is 0 Å². The minimum absolute atomic E-state index is 0.386. The van der Waals surface area contributed by atoms with E-state index in [0.717, 1.165) is 11.2 Å². The number of benzene rings is 3. The second kappa shape index (κ2) is 7.95. The zero-order valence-electron chi connectivity index (χ0n) is 15.9. The Kier molecular flexibility index (Phi) is 5.17. The third-order valence-electron chi connectivity index (χ3n) is 4.65. The fraction of sp³-hybridized carbons (Fsp3) is 0.0870. The van der Waals surface area contributed by atoms with Crippen LogP contribution in [0.2, 0.25) is 0 Å². The molecule has 0 unspecified atom stereocenters. The summed E-state index contributed by atoms with van der Waals surface area (Å²) in [7, 11) is 0. The van der Waals surface area contributed by atoms with Crippen molar-refractivity contribution < 1.29 is 22.7 Å². The molecular formula is C23H14F3N3O2. The van der Waals surface area contributed by atoms with Gasteiger partial charge in [-0.15, -0.1) is 0 Å². The minimum atomic E-state index is -5.05. The van der Waals surface area contributed by atoms with Crippen molar-refractivity contribution >= 4 is 17.0 Å². The van der Waals surface area contributed by atoms with Crippen LogP contribution >= 0.6 is 0 Å². The van der Waals surface area contributed by atoms with E-state index in [9.17, 15) is 23.2 Å². The Morgan fingerprint density at radius 1 is 1.06 bits per heavy atom. The molecule has 0 aliphatic rings. The lowest BCUT2D eigenvalue weighted by atomic mass is 9.99. The van der Waals surface area contributed by atoms with E-state index in [4.69, 9.17) is 0 Å². The first-order chi connectivity index (χ1) is 14.9. The van der Waals surface area contributed by atoms with Crippen molar-refractivity contribution in [3.63, 3.8) is 0 Å². The van der Waals surface area contributed by atoms with Gasteiger partial charge in [-0.3, -0.25) is 4.57 Å². The first-order valence-corrected chi connectivity index (χ1v) is 9.16. The molecule has 5 nitrogen and oxygen atoms in total. The van der Waals surface area contributed by atoms with E-state index in [1.807, 2.05) is 34.9 Å². The highest BCUT2D eigenvalue weighted by Gasteiger charge is 2.40. The fourth-order valence-corrected chi connectivity index (χ4v) is 3.28. The normalized spacial score (nSPS) is 11.3. The van der Waals surface area contributed by atoms with Crippen molar-refractivity contribution in [1.82, 2.24) is 9.55 Å². The van der Waals surface area contributed by atoms with Gasteiger partial charge in [-0.25, -0.2) is 9.78 Å². The highest BCUT2D eigenvalue weighted by molar-refractivity contribution is 5.94. The molecule has 154 valence electrons. The molecule has 0 bridgehead atoms. The predicted octanol–water partition coefficient (Wildman–Crippen LogP) is 5.17. The molecule has 3 aromatic carbocycles. The predicted molar refractivity (Wildman–Crippen MR) is 107 cm³/mol. The van der Waals surface area contributed by atoms with Crippen LogP contribution in [0.5, 0.6) is 0 Å². The van der Waals surface area contributed by atoms with Crippen molar-refractivity contribution in [3.8, 4) is 22.9 Å². The van der Waals surface area contributed by atoms with Crippen LogP contribution in [-0.2, 0) is 16.1 Å². The van der Waals surface area contributed by atoms with Crippen molar-refractivity contribution in [3.05, 3.63) is 84.2 Å². The van der Waals surface area contributed by atoms with Crippen molar-refractivity contribution in [2.24, 2.45) is 0 Å². The van der Waals surface area contributed by atoms with Crippen molar-refractivity contribution in [2.75, 3.05) is 0 Å². The number of fused-ring (bicyclic) bond motifs is 1. The highest BCUT2D eigenvalue weighted by Crippen LogP contribution is 2.32. The van der Waals surface area contributed by atoms with Gasteiger partial charge in [-0.1, -0.05) is 36.4 Å². The third-order valence-corrected chi connectivity index (χ3v) is 4.65. The van der Waals surface area contributed by atoms with Crippen LogP contribution in [0.3, 0.4) is 0 Å². The number of hydrogen-bond acceptors (Lipinski definition) is 4. The second-order valence-corrected chi connectivity index (χ2v) is 6.73. The molecule has 1 aromatic heterocycles. The van der Waals surface area contributed by atoms with Crippen LogP contribution in [0.25, 0.3) is 27.8 Å². The third kappa shape index (κ3) is 4.12. The number of imidazole rings is 1. The van der Waals surface area contributed by atoms with E-state index in [-0.39, 0.29) is 0 Å². The first-order valence-electron chi connectivity index (χ1n) is 9.16. The average molecular weight is 421 g/mol. The fourth-order valence-electron chi connectivity index (χ4n) is 3.28. The Morgan fingerprint density at radius 2 is 1.84 bits per heavy atom. The zero-order valence-corrected chi connectivity index (χ0v) is 15.9. The molecule has 0 fully saturated rings.